The van der Waals surface area contributed by atoms with Crippen LogP contribution in [0.1, 0.15) is 6.92 Å². The van der Waals surface area contributed by atoms with Gasteiger partial charge in [0.05, 0.1) is 0 Å². The molecule has 2 aromatic heterocycles. The molecule has 2 heterocycles. The topological polar surface area (TPSA) is 79.8 Å². The summed E-state index contributed by atoms with van der Waals surface area (Å²) in [6.07, 6.45) is 3.38. The van der Waals surface area contributed by atoms with Gasteiger partial charge in [-0.25, -0.2) is 4.79 Å². The molecule has 2 amide bonds. The quantitative estimate of drug-likeness (QED) is 0.868. The minimum absolute atomic E-state index is 0.273. The van der Waals surface area contributed by atoms with E-state index in [0.29, 0.717) is 11.7 Å². The number of amides is 2. The summed E-state index contributed by atoms with van der Waals surface area (Å²) in [5.74, 6) is 0. The lowest BCUT2D eigenvalue weighted by Crippen LogP contribution is -2.28. The highest BCUT2D eigenvalue weighted by atomic mass is 32.1. The lowest BCUT2D eigenvalue weighted by molar-refractivity contribution is 0.252. The summed E-state index contributed by atoms with van der Waals surface area (Å²) in [4.78, 5) is 15.2. The van der Waals surface area contributed by atoms with Gasteiger partial charge in [0.15, 0.2) is 0 Å². The first-order valence-corrected chi connectivity index (χ1v) is 5.90. The van der Waals surface area contributed by atoms with Crippen molar-refractivity contribution in [2.75, 3.05) is 11.9 Å². The van der Waals surface area contributed by atoms with Crippen LogP contribution in [0, 0.1) is 0 Å². The molecule has 0 radical (unpaired) electrons. The Hall–Kier alpha value is -2.02. The van der Waals surface area contributed by atoms with Crippen LogP contribution in [0.2, 0.25) is 0 Å². The SMILES string of the molecule is CCNC(=O)Nc1nnc(-c2ccncc2)s1. The maximum atomic E-state index is 11.3. The monoisotopic (exact) mass is 249 g/mol. The molecule has 0 saturated heterocycles. The van der Waals surface area contributed by atoms with Gasteiger partial charge in [-0.15, -0.1) is 10.2 Å². The molecule has 0 spiro atoms. The molecule has 0 fully saturated rings. The Morgan fingerprint density at radius 1 is 1.35 bits per heavy atom. The molecule has 2 N–H and O–H groups in total. The van der Waals surface area contributed by atoms with Crippen LogP contribution in [-0.2, 0) is 0 Å². The second-order valence-electron chi connectivity index (χ2n) is 3.13. The summed E-state index contributed by atoms with van der Waals surface area (Å²) in [6.45, 7) is 2.42. The molecular formula is C10H11N5OS. The Kier molecular flexibility index (Phi) is 3.61. The third-order valence-corrected chi connectivity index (χ3v) is 2.80. The van der Waals surface area contributed by atoms with Gasteiger partial charge in [-0.1, -0.05) is 11.3 Å². The van der Waals surface area contributed by atoms with E-state index in [0.717, 1.165) is 10.6 Å². The number of nitrogens with zero attached hydrogens (tertiary/aromatic N) is 3. The van der Waals surface area contributed by atoms with Gasteiger partial charge in [0.25, 0.3) is 0 Å². The number of pyridine rings is 1. The molecule has 0 aliphatic carbocycles. The first-order chi connectivity index (χ1) is 8.29. The van der Waals surface area contributed by atoms with Gasteiger partial charge >= 0.3 is 6.03 Å². The zero-order chi connectivity index (χ0) is 12.1. The molecule has 88 valence electrons. The van der Waals surface area contributed by atoms with Crippen molar-refractivity contribution >= 4 is 22.5 Å². The summed E-state index contributed by atoms with van der Waals surface area (Å²) >= 11 is 1.32. The highest BCUT2D eigenvalue weighted by Gasteiger charge is 2.08. The normalized spacial score (nSPS) is 9.94. The molecule has 0 aliphatic heterocycles. The van der Waals surface area contributed by atoms with E-state index in [2.05, 4.69) is 25.8 Å². The van der Waals surface area contributed by atoms with Crippen LogP contribution in [0.4, 0.5) is 9.93 Å². The summed E-state index contributed by atoms with van der Waals surface area (Å²) in [7, 11) is 0. The molecule has 6 nitrogen and oxygen atoms in total. The summed E-state index contributed by atoms with van der Waals surface area (Å²) < 4.78 is 0. The molecular weight excluding hydrogens is 238 g/mol. The number of urea groups is 1. The van der Waals surface area contributed by atoms with E-state index in [1.807, 2.05) is 19.1 Å². The number of carbonyl (C=O) groups is 1. The summed E-state index contributed by atoms with van der Waals surface area (Å²) in [5, 5.41) is 14.3. The second-order valence-corrected chi connectivity index (χ2v) is 4.11. The smallest absolute Gasteiger partial charge is 0.321 e. The number of hydrogen-bond donors (Lipinski definition) is 2. The molecule has 0 aliphatic rings. The molecule has 0 bridgehead atoms. The van der Waals surface area contributed by atoms with E-state index in [9.17, 15) is 4.79 Å². The van der Waals surface area contributed by atoms with Gasteiger partial charge in [0, 0.05) is 24.5 Å². The van der Waals surface area contributed by atoms with Crippen molar-refractivity contribution < 1.29 is 4.79 Å². The molecule has 7 heteroatoms. The van der Waals surface area contributed by atoms with E-state index in [1.54, 1.807) is 12.4 Å². The zero-order valence-corrected chi connectivity index (χ0v) is 9.99. The van der Waals surface area contributed by atoms with Gasteiger partial charge in [-0.2, -0.15) is 0 Å². The van der Waals surface area contributed by atoms with Crippen molar-refractivity contribution in [2.24, 2.45) is 0 Å². The number of hydrogen-bond acceptors (Lipinski definition) is 5. The average molecular weight is 249 g/mol. The summed E-state index contributed by atoms with van der Waals surface area (Å²) in [6, 6.07) is 3.41. The second kappa shape index (κ2) is 5.35. The van der Waals surface area contributed by atoms with Crippen LogP contribution in [0.5, 0.6) is 0 Å². The van der Waals surface area contributed by atoms with E-state index in [4.69, 9.17) is 0 Å². The largest absolute Gasteiger partial charge is 0.338 e. The minimum atomic E-state index is -0.273. The van der Waals surface area contributed by atoms with E-state index < -0.39 is 0 Å². The predicted octanol–water partition coefficient (Wildman–Crippen LogP) is 1.74. The van der Waals surface area contributed by atoms with Crippen molar-refractivity contribution in [3.63, 3.8) is 0 Å². The van der Waals surface area contributed by atoms with Crippen LogP contribution in [0.15, 0.2) is 24.5 Å². The van der Waals surface area contributed by atoms with Gasteiger partial charge in [-0.05, 0) is 19.1 Å². The van der Waals surface area contributed by atoms with Crippen LogP contribution < -0.4 is 10.6 Å². The maximum Gasteiger partial charge on any atom is 0.321 e. The summed E-state index contributed by atoms with van der Waals surface area (Å²) in [5.41, 5.74) is 0.932. The highest BCUT2D eigenvalue weighted by molar-refractivity contribution is 7.18. The molecule has 0 aromatic carbocycles. The Morgan fingerprint density at radius 2 is 2.12 bits per heavy atom. The van der Waals surface area contributed by atoms with E-state index in [-0.39, 0.29) is 6.03 Å². The van der Waals surface area contributed by atoms with E-state index >= 15 is 0 Å². The van der Waals surface area contributed by atoms with Gasteiger partial charge in [-0.3, -0.25) is 10.3 Å². The fraction of sp³-hybridized carbons (Fsp3) is 0.200. The standard InChI is InChI=1S/C10H11N5OS/c1-2-12-9(16)13-10-15-14-8(17-10)7-3-5-11-6-4-7/h3-6H,2H2,1H3,(H2,12,13,15,16). The van der Waals surface area contributed by atoms with Crippen molar-refractivity contribution in [2.45, 2.75) is 6.92 Å². The number of nitrogens with one attached hydrogen (secondary N) is 2. The molecule has 2 aromatic rings. The molecule has 0 saturated carbocycles. The van der Waals surface area contributed by atoms with Crippen LogP contribution in [0.25, 0.3) is 10.6 Å². The van der Waals surface area contributed by atoms with E-state index in [1.165, 1.54) is 11.3 Å². The Morgan fingerprint density at radius 3 is 2.82 bits per heavy atom. The third-order valence-electron chi connectivity index (χ3n) is 1.91. The average Bonchev–Trinajstić information content (AvgIpc) is 2.79. The zero-order valence-electron chi connectivity index (χ0n) is 9.17. The fourth-order valence-electron chi connectivity index (χ4n) is 1.19. The van der Waals surface area contributed by atoms with Crippen LogP contribution in [-0.4, -0.2) is 27.8 Å². The molecule has 0 unspecified atom stereocenters. The maximum absolute atomic E-state index is 11.3. The lowest BCUT2D eigenvalue weighted by atomic mass is 10.3. The first kappa shape index (κ1) is 11.5. The molecule has 2 rings (SSSR count). The number of aromatic nitrogens is 3. The fourth-order valence-corrected chi connectivity index (χ4v) is 1.93. The predicted molar refractivity (Wildman–Crippen MR) is 65.8 cm³/mol. The van der Waals surface area contributed by atoms with Crippen molar-refractivity contribution in [3.8, 4) is 10.6 Å². The Balaban J connectivity index is 2.09. The van der Waals surface area contributed by atoms with Gasteiger partial charge in [0.2, 0.25) is 5.13 Å². The molecule has 0 atom stereocenters. The van der Waals surface area contributed by atoms with Crippen molar-refractivity contribution in [1.29, 1.82) is 0 Å². The number of rotatable bonds is 3. The Labute approximate surface area is 102 Å². The lowest BCUT2D eigenvalue weighted by Gasteiger charge is -1.99. The van der Waals surface area contributed by atoms with Crippen molar-refractivity contribution in [3.05, 3.63) is 24.5 Å². The van der Waals surface area contributed by atoms with Gasteiger partial charge in [0.1, 0.15) is 5.01 Å². The van der Waals surface area contributed by atoms with Crippen LogP contribution in [0.3, 0.4) is 0 Å². The molecule has 17 heavy (non-hydrogen) atoms. The third kappa shape index (κ3) is 2.97. The highest BCUT2D eigenvalue weighted by Crippen LogP contribution is 2.25. The number of anilines is 1. The van der Waals surface area contributed by atoms with Crippen molar-refractivity contribution in [1.82, 2.24) is 20.5 Å². The minimum Gasteiger partial charge on any atom is -0.338 e. The number of carbonyl (C=O) groups excluding carboxylic acids is 1. The van der Waals surface area contributed by atoms with Crippen LogP contribution >= 0.6 is 11.3 Å². The first-order valence-electron chi connectivity index (χ1n) is 5.08. The Bertz CT molecular complexity index is 498. The van der Waals surface area contributed by atoms with Gasteiger partial charge < -0.3 is 5.32 Å².